The number of hydrogen-bond acceptors (Lipinski definition) is 7. The van der Waals surface area contributed by atoms with Gasteiger partial charge in [-0.2, -0.15) is 0 Å². The SMILES string of the molecule is CCc1cc(N2CCC(Nc3ccc(C(=O)Nc4ccccc4)nn3)CC2)ncn1. The van der Waals surface area contributed by atoms with Gasteiger partial charge in [0.1, 0.15) is 18.0 Å². The van der Waals surface area contributed by atoms with Gasteiger partial charge in [0.15, 0.2) is 5.69 Å². The molecule has 1 aliphatic heterocycles. The summed E-state index contributed by atoms with van der Waals surface area (Å²) >= 11 is 0. The maximum Gasteiger partial charge on any atom is 0.276 e. The Balaban J connectivity index is 1.29. The van der Waals surface area contributed by atoms with Crippen LogP contribution >= 0.6 is 0 Å². The van der Waals surface area contributed by atoms with Gasteiger partial charge in [-0.15, -0.1) is 10.2 Å². The molecule has 0 aliphatic carbocycles. The number of piperidine rings is 1. The molecule has 8 heteroatoms. The summed E-state index contributed by atoms with van der Waals surface area (Å²) in [6.07, 6.45) is 4.50. The highest BCUT2D eigenvalue weighted by Gasteiger charge is 2.21. The fourth-order valence-electron chi connectivity index (χ4n) is 3.46. The zero-order valence-electron chi connectivity index (χ0n) is 17.0. The summed E-state index contributed by atoms with van der Waals surface area (Å²) in [6.45, 7) is 3.94. The van der Waals surface area contributed by atoms with Crippen molar-refractivity contribution in [2.24, 2.45) is 0 Å². The minimum atomic E-state index is -0.273. The number of anilines is 3. The van der Waals surface area contributed by atoms with Crippen LogP contribution in [0.2, 0.25) is 0 Å². The largest absolute Gasteiger partial charge is 0.366 e. The van der Waals surface area contributed by atoms with Crippen LogP contribution in [0.4, 0.5) is 17.3 Å². The lowest BCUT2D eigenvalue weighted by atomic mass is 10.0. The molecule has 30 heavy (non-hydrogen) atoms. The van der Waals surface area contributed by atoms with Crippen molar-refractivity contribution < 1.29 is 4.79 Å². The predicted molar refractivity (Wildman–Crippen MR) is 117 cm³/mol. The molecule has 1 saturated heterocycles. The van der Waals surface area contributed by atoms with E-state index in [4.69, 9.17) is 0 Å². The van der Waals surface area contributed by atoms with Crippen molar-refractivity contribution in [3.8, 4) is 0 Å². The highest BCUT2D eigenvalue weighted by molar-refractivity contribution is 6.02. The molecule has 0 spiro atoms. The van der Waals surface area contributed by atoms with E-state index in [9.17, 15) is 4.79 Å². The van der Waals surface area contributed by atoms with Crippen molar-refractivity contribution in [1.29, 1.82) is 0 Å². The first-order valence-electron chi connectivity index (χ1n) is 10.2. The van der Waals surface area contributed by atoms with E-state index in [1.165, 1.54) is 0 Å². The standard InChI is InChI=1S/C22H25N7O/c1-2-16-14-21(24-15-23-16)29-12-10-18(11-13-29)25-20-9-8-19(27-28-20)22(30)26-17-6-4-3-5-7-17/h3-9,14-15,18H,2,10-13H2,1H3,(H,25,28)(H,26,30). The molecule has 2 N–H and O–H groups in total. The highest BCUT2D eigenvalue weighted by atomic mass is 16.1. The average molecular weight is 403 g/mol. The van der Waals surface area contributed by atoms with E-state index in [2.05, 4.69) is 48.7 Å². The van der Waals surface area contributed by atoms with E-state index in [1.807, 2.05) is 30.3 Å². The van der Waals surface area contributed by atoms with E-state index in [-0.39, 0.29) is 11.6 Å². The van der Waals surface area contributed by atoms with Gasteiger partial charge in [-0.05, 0) is 43.5 Å². The fourth-order valence-corrected chi connectivity index (χ4v) is 3.46. The van der Waals surface area contributed by atoms with Crippen molar-refractivity contribution in [3.05, 3.63) is 66.2 Å². The van der Waals surface area contributed by atoms with Crippen LogP contribution in [-0.4, -0.2) is 45.2 Å². The summed E-state index contributed by atoms with van der Waals surface area (Å²) < 4.78 is 0. The molecule has 1 aliphatic rings. The minimum absolute atomic E-state index is 0.273. The van der Waals surface area contributed by atoms with Crippen molar-refractivity contribution in [1.82, 2.24) is 20.2 Å². The third kappa shape index (κ3) is 4.89. The molecule has 3 aromatic rings. The summed E-state index contributed by atoms with van der Waals surface area (Å²) in [5, 5.41) is 14.5. The first-order valence-corrected chi connectivity index (χ1v) is 10.2. The fraction of sp³-hybridized carbons (Fsp3) is 0.318. The van der Waals surface area contributed by atoms with Gasteiger partial charge in [0.2, 0.25) is 0 Å². The Morgan fingerprint density at radius 1 is 1.07 bits per heavy atom. The molecule has 2 aromatic heterocycles. The number of hydrogen-bond donors (Lipinski definition) is 2. The molecule has 0 unspecified atom stereocenters. The number of benzene rings is 1. The summed E-state index contributed by atoms with van der Waals surface area (Å²) in [5.74, 6) is 1.40. The molecule has 4 rings (SSSR count). The zero-order valence-corrected chi connectivity index (χ0v) is 17.0. The molecular formula is C22H25N7O. The number of rotatable bonds is 6. The van der Waals surface area contributed by atoms with Gasteiger partial charge in [0, 0.05) is 36.6 Å². The highest BCUT2D eigenvalue weighted by Crippen LogP contribution is 2.20. The summed E-state index contributed by atoms with van der Waals surface area (Å²) in [4.78, 5) is 23.3. The second-order valence-corrected chi connectivity index (χ2v) is 7.25. The van der Waals surface area contributed by atoms with Gasteiger partial charge in [-0.25, -0.2) is 9.97 Å². The van der Waals surface area contributed by atoms with Crippen LogP contribution in [0, 0.1) is 0 Å². The molecule has 0 bridgehead atoms. The van der Waals surface area contributed by atoms with E-state index >= 15 is 0 Å². The Morgan fingerprint density at radius 2 is 1.87 bits per heavy atom. The average Bonchev–Trinajstić information content (AvgIpc) is 2.81. The van der Waals surface area contributed by atoms with Crippen LogP contribution in [0.1, 0.15) is 35.9 Å². The number of carbonyl (C=O) groups is 1. The van der Waals surface area contributed by atoms with E-state index in [0.29, 0.717) is 11.9 Å². The Labute approximate surface area is 175 Å². The topological polar surface area (TPSA) is 95.9 Å². The van der Waals surface area contributed by atoms with Gasteiger partial charge < -0.3 is 15.5 Å². The number of para-hydroxylation sites is 1. The van der Waals surface area contributed by atoms with Crippen molar-refractivity contribution in [3.63, 3.8) is 0 Å². The predicted octanol–water partition coefficient (Wildman–Crippen LogP) is 3.16. The third-order valence-electron chi connectivity index (χ3n) is 5.17. The summed E-state index contributed by atoms with van der Waals surface area (Å²) in [5.41, 5.74) is 2.08. The molecule has 1 fully saturated rings. The molecule has 3 heterocycles. The molecule has 1 aromatic carbocycles. The molecule has 0 saturated carbocycles. The molecule has 0 atom stereocenters. The van der Waals surface area contributed by atoms with Crippen LogP contribution in [0.5, 0.6) is 0 Å². The minimum Gasteiger partial charge on any atom is -0.366 e. The monoisotopic (exact) mass is 403 g/mol. The smallest absolute Gasteiger partial charge is 0.276 e. The Kier molecular flexibility index (Phi) is 6.12. The van der Waals surface area contributed by atoms with Gasteiger partial charge >= 0.3 is 0 Å². The lowest BCUT2D eigenvalue weighted by Crippen LogP contribution is -2.39. The normalized spacial score (nSPS) is 14.4. The molecule has 8 nitrogen and oxygen atoms in total. The van der Waals surface area contributed by atoms with Crippen LogP contribution in [-0.2, 0) is 6.42 Å². The Hall–Kier alpha value is -3.55. The maximum absolute atomic E-state index is 12.3. The lowest BCUT2D eigenvalue weighted by Gasteiger charge is -2.33. The molecule has 154 valence electrons. The number of nitrogens with one attached hydrogen (secondary N) is 2. The van der Waals surface area contributed by atoms with Crippen molar-refractivity contribution in [2.45, 2.75) is 32.2 Å². The number of nitrogens with zero attached hydrogens (tertiary/aromatic N) is 5. The van der Waals surface area contributed by atoms with Crippen LogP contribution in [0.15, 0.2) is 54.9 Å². The second kappa shape index (κ2) is 9.30. The number of aryl methyl sites for hydroxylation is 1. The summed E-state index contributed by atoms with van der Waals surface area (Å²) in [7, 11) is 0. The Bertz CT molecular complexity index is 970. The van der Waals surface area contributed by atoms with Gasteiger partial charge in [0.05, 0.1) is 0 Å². The molecule has 0 radical (unpaired) electrons. The lowest BCUT2D eigenvalue weighted by molar-refractivity contribution is 0.102. The molecule has 1 amide bonds. The van der Waals surface area contributed by atoms with E-state index in [0.717, 1.165) is 49.6 Å². The third-order valence-corrected chi connectivity index (χ3v) is 5.17. The van der Waals surface area contributed by atoms with E-state index in [1.54, 1.807) is 18.5 Å². The quantitative estimate of drug-likeness (QED) is 0.653. The van der Waals surface area contributed by atoms with Crippen LogP contribution in [0.3, 0.4) is 0 Å². The number of aromatic nitrogens is 4. The van der Waals surface area contributed by atoms with Crippen molar-refractivity contribution in [2.75, 3.05) is 28.6 Å². The van der Waals surface area contributed by atoms with Gasteiger partial charge in [-0.3, -0.25) is 4.79 Å². The zero-order chi connectivity index (χ0) is 20.8. The molecular weight excluding hydrogens is 378 g/mol. The van der Waals surface area contributed by atoms with E-state index < -0.39 is 0 Å². The van der Waals surface area contributed by atoms with Crippen molar-refractivity contribution >= 4 is 23.2 Å². The second-order valence-electron chi connectivity index (χ2n) is 7.25. The first kappa shape index (κ1) is 19.8. The number of carbonyl (C=O) groups excluding carboxylic acids is 1. The van der Waals surface area contributed by atoms with Crippen LogP contribution in [0.25, 0.3) is 0 Å². The summed E-state index contributed by atoms with van der Waals surface area (Å²) in [6, 6.07) is 15.2. The maximum atomic E-state index is 12.3. The van der Waals surface area contributed by atoms with Gasteiger partial charge in [-0.1, -0.05) is 25.1 Å². The van der Waals surface area contributed by atoms with Gasteiger partial charge in [0.25, 0.3) is 5.91 Å². The first-order chi connectivity index (χ1) is 14.7. The van der Waals surface area contributed by atoms with Crippen LogP contribution < -0.4 is 15.5 Å². The Morgan fingerprint density at radius 3 is 2.57 bits per heavy atom. The number of amides is 1.